The third kappa shape index (κ3) is 7.46. The van der Waals surface area contributed by atoms with Crippen LogP contribution in [-0.2, 0) is 42.0 Å². The van der Waals surface area contributed by atoms with Crippen LogP contribution in [0.5, 0.6) is 0 Å². The van der Waals surface area contributed by atoms with Crippen LogP contribution in [0.4, 0.5) is 4.79 Å². The topological polar surface area (TPSA) is 171 Å². The number of allylic oxidation sites excluding steroid dienone is 1. The van der Waals surface area contributed by atoms with Gasteiger partial charge in [0.05, 0.1) is 10.9 Å². The number of rotatable bonds is 14. The van der Waals surface area contributed by atoms with Gasteiger partial charge in [0.15, 0.2) is 0 Å². The second-order valence-electron chi connectivity index (χ2n) is 13.5. The van der Waals surface area contributed by atoms with Gasteiger partial charge in [-0.3, -0.25) is 19.2 Å². The van der Waals surface area contributed by atoms with E-state index >= 15 is 0 Å². The van der Waals surface area contributed by atoms with Gasteiger partial charge in [-0.05, 0) is 72.1 Å². The molecule has 1 saturated heterocycles. The first kappa shape index (κ1) is 35.5. The molecular weight excluding hydrogens is 646 g/mol. The van der Waals surface area contributed by atoms with Crippen molar-refractivity contribution in [2.75, 3.05) is 13.1 Å². The summed E-state index contributed by atoms with van der Waals surface area (Å²) in [6.07, 6.45) is 4.42. The number of ketones is 1. The number of fused-ring (bicyclic) bond motifs is 2. The smallest absolute Gasteiger partial charge is 0.329 e. The van der Waals surface area contributed by atoms with E-state index < -0.39 is 63.6 Å². The molecule has 1 saturated carbocycles. The molecule has 2 fully saturated rings. The van der Waals surface area contributed by atoms with E-state index in [4.69, 9.17) is 0 Å². The Morgan fingerprint density at radius 1 is 0.939 bits per heavy atom. The molecule has 49 heavy (non-hydrogen) atoms. The summed E-state index contributed by atoms with van der Waals surface area (Å²) in [5.74, 6) is -3.44. The molecule has 1 heterocycles. The maximum Gasteiger partial charge on any atom is 0.329 e. The standard InChI is InChI=1S/C36H43N5O7S/c1-5-7-17-27(31(42)33(44)37-18-6-2)38-32(43)30-28-26(36(28,3)4)21-41(30)34(45)29(24-19-22-13-11-12-14-23(22)20-24)39-35(46)40-49(47,48)25-15-9-8-10-16-25/h5-6,8-16,24,26-30H,1-2,7,17-21H2,3-4H3,(H,37,44)(H,38,43)(H2,39,40,46)/t26-,27?,28-,29+,30+/m1/s1. The minimum absolute atomic E-state index is 0.0147. The Labute approximate surface area is 286 Å². The Hall–Kier alpha value is -4.78. The number of nitrogens with one attached hydrogen (secondary N) is 4. The highest BCUT2D eigenvalue weighted by molar-refractivity contribution is 7.90. The minimum Gasteiger partial charge on any atom is -0.346 e. The molecule has 1 aliphatic heterocycles. The first-order valence-corrected chi connectivity index (χ1v) is 17.9. The number of piperidine rings is 1. The van der Waals surface area contributed by atoms with Crippen molar-refractivity contribution in [2.24, 2.45) is 23.2 Å². The third-order valence-electron chi connectivity index (χ3n) is 10.1. The number of sulfonamides is 1. The fourth-order valence-electron chi connectivity index (χ4n) is 7.37. The Morgan fingerprint density at radius 2 is 1.57 bits per heavy atom. The van der Waals surface area contributed by atoms with E-state index in [1.54, 1.807) is 12.1 Å². The molecule has 3 aliphatic rings. The first-order chi connectivity index (χ1) is 23.3. The SMILES string of the molecule is C=CCCC(NC(=O)[C@@H]1[C@H]2[C@@H](CN1C(=O)[C@@H](NC(=O)NS(=O)(=O)c1ccccc1)C1Cc3ccccc3C1)C2(C)C)C(=O)C(=O)NCC=C. The fraction of sp³-hybridized carbons (Fsp3) is 0.417. The van der Waals surface area contributed by atoms with Gasteiger partial charge in [-0.25, -0.2) is 17.9 Å². The number of hydrogen-bond donors (Lipinski definition) is 4. The fourth-order valence-corrected chi connectivity index (χ4v) is 8.31. The number of amides is 5. The largest absolute Gasteiger partial charge is 0.346 e. The van der Waals surface area contributed by atoms with Gasteiger partial charge in [-0.1, -0.05) is 68.5 Å². The zero-order valence-corrected chi connectivity index (χ0v) is 28.5. The van der Waals surface area contributed by atoms with Crippen LogP contribution in [0.15, 0.2) is 84.8 Å². The third-order valence-corrected chi connectivity index (χ3v) is 11.4. The number of likely N-dealkylation sites (tertiary alicyclic amines) is 1. The predicted molar refractivity (Wildman–Crippen MR) is 182 cm³/mol. The van der Waals surface area contributed by atoms with Crippen molar-refractivity contribution in [2.45, 2.75) is 62.6 Å². The lowest BCUT2D eigenvalue weighted by Crippen LogP contribution is -2.60. The lowest BCUT2D eigenvalue weighted by Gasteiger charge is -2.35. The van der Waals surface area contributed by atoms with Crippen LogP contribution < -0.4 is 20.7 Å². The molecule has 260 valence electrons. The van der Waals surface area contributed by atoms with Crippen molar-refractivity contribution in [1.29, 1.82) is 0 Å². The number of hydrogen-bond acceptors (Lipinski definition) is 7. The highest BCUT2D eigenvalue weighted by atomic mass is 32.2. The molecule has 5 rings (SSSR count). The van der Waals surface area contributed by atoms with Gasteiger partial charge in [-0.15, -0.1) is 13.2 Å². The molecule has 0 bridgehead atoms. The van der Waals surface area contributed by atoms with E-state index in [9.17, 15) is 32.4 Å². The van der Waals surface area contributed by atoms with Crippen LogP contribution in [-0.4, -0.2) is 74.1 Å². The number of benzene rings is 2. The second-order valence-corrected chi connectivity index (χ2v) is 15.2. The van der Waals surface area contributed by atoms with Crippen molar-refractivity contribution in [3.05, 3.63) is 91.0 Å². The quantitative estimate of drug-likeness (QED) is 0.174. The summed E-state index contributed by atoms with van der Waals surface area (Å²) in [6.45, 7) is 11.6. The molecular formula is C36H43N5O7S. The molecule has 0 radical (unpaired) electrons. The van der Waals surface area contributed by atoms with E-state index in [1.165, 1.54) is 35.2 Å². The van der Waals surface area contributed by atoms with E-state index in [0.29, 0.717) is 19.3 Å². The van der Waals surface area contributed by atoms with Crippen LogP contribution in [0.2, 0.25) is 0 Å². The molecule has 0 aromatic heterocycles. The van der Waals surface area contributed by atoms with Crippen molar-refractivity contribution >= 4 is 39.6 Å². The highest BCUT2D eigenvalue weighted by Gasteiger charge is 2.69. The van der Waals surface area contributed by atoms with Gasteiger partial charge in [0, 0.05) is 13.1 Å². The maximum atomic E-state index is 14.6. The van der Waals surface area contributed by atoms with Gasteiger partial charge in [-0.2, -0.15) is 0 Å². The Bertz CT molecular complexity index is 1730. The maximum absolute atomic E-state index is 14.6. The van der Waals surface area contributed by atoms with Crippen LogP contribution in [0, 0.1) is 23.2 Å². The lowest BCUT2D eigenvalue weighted by molar-refractivity contribution is -0.144. The lowest BCUT2D eigenvalue weighted by atomic mass is 9.93. The molecule has 2 aliphatic carbocycles. The minimum atomic E-state index is -4.24. The van der Waals surface area contributed by atoms with Crippen molar-refractivity contribution in [3.8, 4) is 0 Å². The average molecular weight is 690 g/mol. The molecule has 0 spiro atoms. The Balaban J connectivity index is 1.40. The number of carbonyl (C=O) groups is 5. The summed E-state index contributed by atoms with van der Waals surface area (Å²) in [5, 5.41) is 7.85. The predicted octanol–water partition coefficient (Wildman–Crippen LogP) is 2.26. The van der Waals surface area contributed by atoms with Crippen LogP contribution in [0.25, 0.3) is 0 Å². The van der Waals surface area contributed by atoms with Gasteiger partial charge in [0.2, 0.25) is 17.6 Å². The van der Waals surface area contributed by atoms with Crippen molar-refractivity contribution in [1.82, 2.24) is 25.6 Å². The van der Waals surface area contributed by atoms with Gasteiger partial charge < -0.3 is 20.9 Å². The molecule has 2 aromatic carbocycles. The number of nitrogens with zero attached hydrogens (tertiary/aromatic N) is 1. The number of urea groups is 1. The van der Waals surface area contributed by atoms with Gasteiger partial charge >= 0.3 is 6.03 Å². The molecule has 2 aromatic rings. The van der Waals surface area contributed by atoms with Crippen LogP contribution >= 0.6 is 0 Å². The summed E-state index contributed by atoms with van der Waals surface area (Å²) in [4.78, 5) is 68.9. The van der Waals surface area contributed by atoms with Gasteiger partial charge in [0.25, 0.3) is 15.9 Å². The molecule has 4 N–H and O–H groups in total. The van der Waals surface area contributed by atoms with Crippen LogP contribution in [0.3, 0.4) is 0 Å². The zero-order valence-electron chi connectivity index (χ0n) is 27.7. The van der Waals surface area contributed by atoms with E-state index in [2.05, 4.69) is 29.1 Å². The molecule has 5 amide bonds. The molecule has 13 heteroatoms. The number of Topliss-reactive ketones (excluding diaryl/α,β-unsaturated/α-hetero) is 1. The normalized spacial score (nSPS) is 21.7. The molecule has 5 atom stereocenters. The molecule has 12 nitrogen and oxygen atoms in total. The molecule has 1 unspecified atom stereocenters. The highest BCUT2D eigenvalue weighted by Crippen LogP contribution is 2.65. The van der Waals surface area contributed by atoms with E-state index in [-0.39, 0.29) is 41.7 Å². The average Bonchev–Trinajstić information content (AvgIpc) is 3.44. The second kappa shape index (κ2) is 14.4. The Kier molecular flexibility index (Phi) is 10.4. The van der Waals surface area contributed by atoms with Crippen LogP contribution in [0.1, 0.15) is 37.8 Å². The number of carbonyl (C=O) groups excluding carboxylic acids is 5. The first-order valence-electron chi connectivity index (χ1n) is 16.4. The zero-order chi connectivity index (χ0) is 35.5. The van der Waals surface area contributed by atoms with E-state index in [1.807, 2.05) is 42.8 Å². The summed E-state index contributed by atoms with van der Waals surface area (Å²) in [7, 11) is -4.24. The summed E-state index contributed by atoms with van der Waals surface area (Å²) >= 11 is 0. The Morgan fingerprint density at radius 3 is 2.18 bits per heavy atom. The summed E-state index contributed by atoms with van der Waals surface area (Å²) in [6, 6.07) is 10.7. The van der Waals surface area contributed by atoms with Crippen molar-refractivity contribution in [3.63, 3.8) is 0 Å². The summed E-state index contributed by atoms with van der Waals surface area (Å²) < 4.78 is 28.0. The van der Waals surface area contributed by atoms with Gasteiger partial charge in [0.1, 0.15) is 12.1 Å². The summed E-state index contributed by atoms with van der Waals surface area (Å²) in [5.41, 5.74) is 1.76. The van der Waals surface area contributed by atoms with Crippen molar-refractivity contribution < 1.29 is 32.4 Å². The van der Waals surface area contributed by atoms with E-state index in [0.717, 1.165) is 11.1 Å². The monoisotopic (exact) mass is 689 g/mol.